The molecule has 8 nitrogen and oxygen atoms in total. The summed E-state index contributed by atoms with van der Waals surface area (Å²) in [5.74, 6) is 0.685. The number of amides is 2. The minimum absolute atomic E-state index is 0.0521. The molecule has 2 aromatic rings. The number of hydrogen-bond donors (Lipinski definition) is 2. The van der Waals surface area contributed by atoms with Crippen molar-refractivity contribution in [2.75, 3.05) is 45.9 Å². The molecular formula is C23H25FN4O4. The van der Waals surface area contributed by atoms with Gasteiger partial charge in [0, 0.05) is 38.3 Å². The van der Waals surface area contributed by atoms with Crippen molar-refractivity contribution in [3.63, 3.8) is 0 Å². The van der Waals surface area contributed by atoms with Gasteiger partial charge in [-0.3, -0.25) is 15.0 Å². The van der Waals surface area contributed by atoms with Gasteiger partial charge in [0.2, 0.25) is 5.91 Å². The summed E-state index contributed by atoms with van der Waals surface area (Å²) in [4.78, 5) is 29.5. The monoisotopic (exact) mass is 440 g/mol. The van der Waals surface area contributed by atoms with Crippen molar-refractivity contribution in [2.45, 2.75) is 6.04 Å². The maximum atomic E-state index is 13.3. The Morgan fingerprint density at radius 1 is 0.906 bits per heavy atom. The summed E-state index contributed by atoms with van der Waals surface area (Å²) in [5.41, 5.74) is 7.74. The molecule has 9 heteroatoms. The largest absolute Gasteiger partial charge is 0.486 e. The van der Waals surface area contributed by atoms with E-state index in [1.54, 1.807) is 4.90 Å². The lowest BCUT2D eigenvalue weighted by Gasteiger charge is -2.36. The fourth-order valence-corrected chi connectivity index (χ4v) is 4.44. The average Bonchev–Trinajstić information content (AvgIpc) is 3.33. The number of hydrazine groups is 1. The molecule has 0 aliphatic carbocycles. The molecule has 2 fully saturated rings. The summed E-state index contributed by atoms with van der Waals surface area (Å²) < 4.78 is 24.4. The second-order valence-electron chi connectivity index (χ2n) is 8.14. The Balaban J connectivity index is 1.23. The third-order valence-corrected chi connectivity index (χ3v) is 6.19. The second kappa shape index (κ2) is 8.76. The molecule has 3 aliphatic heterocycles. The summed E-state index contributed by atoms with van der Waals surface area (Å²) in [6, 6.07) is 11.1. The predicted octanol–water partition coefficient (Wildman–Crippen LogP) is 1.35. The van der Waals surface area contributed by atoms with E-state index in [9.17, 15) is 14.0 Å². The summed E-state index contributed by atoms with van der Waals surface area (Å²) in [7, 11) is 0. The highest BCUT2D eigenvalue weighted by Gasteiger charge is 2.38. The zero-order valence-electron chi connectivity index (χ0n) is 17.6. The quantitative estimate of drug-likeness (QED) is 0.750. The van der Waals surface area contributed by atoms with Crippen LogP contribution in [0, 0.1) is 11.7 Å². The van der Waals surface area contributed by atoms with E-state index in [2.05, 4.69) is 10.9 Å². The van der Waals surface area contributed by atoms with Gasteiger partial charge < -0.3 is 19.3 Å². The van der Waals surface area contributed by atoms with Crippen LogP contribution in [0.2, 0.25) is 0 Å². The Morgan fingerprint density at radius 3 is 2.34 bits per heavy atom. The van der Waals surface area contributed by atoms with Crippen LogP contribution in [0.25, 0.3) is 0 Å². The topological polar surface area (TPSA) is 83.1 Å². The zero-order chi connectivity index (χ0) is 22.1. The highest BCUT2D eigenvalue weighted by molar-refractivity contribution is 5.94. The molecule has 5 rings (SSSR count). The first-order valence-corrected chi connectivity index (χ1v) is 10.8. The molecule has 2 aromatic carbocycles. The standard InChI is InChI=1S/C23H25FN4O4/c24-17-4-1-15(2-5-17)22(29)27-7-9-28(10-8-27)23(30)18-14-25-26-21(18)16-3-6-19-20(13-16)32-12-11-31-19/h1-6,13,18,21,25-26H,7-12,14H2. The number of piperazine rings is 1. The summed E-state index contributed by atoms with van der Waals surface area (Å²) in [5, 5.41) is 0. The Morgan fingerprint density at radius 2 is 1.59 bits per heavy atom. The molecular weight excluding hydrogens is 415 g/mol. The number of nitrogens with zero attached hydrogens (tertiary/aromatic N) is 2. The van der Waals surface area contributed by atoms with Crippen LogP contribution in [-0.2, 0) is 4.79 Å². The number of fused-ring (bicyclic) bond motifs is 1. The van der Waals surface area contributed by atoms with E-state index in [4.69, 9.17) is 9.47 Å². The molecule has 0 aromatic heterocycles. The first kappa shape index (κ1) is 20.7. The third-order valence-electron chi connectivity index (χ3n) is 6.19. The van der Waals surface area contributed by atoms with Crippen LogP contribution >= 0.6 is 0 Å². The van der Waals surface area contributed by atoms with Gasteiger partial charge in [-0.25, -0.2) is 9.82 Å². The Labute approximate surface area is 185 Å². The molecule has 3 heterocycles. The fraction of sp³-hybridized carbons (Fsp3) is 0.391. The minimum Gasteiger partial charge on any atom is -0.486 e. The highest BCUT2D eigenvalue weighted by atomic mass is 19.1. The number of nitrogens with one attached hydrogen (secondary N) is 2. The van der Waals surface area contributed by atoms with E-state index in [0.29, 0.717) is 57.3 Å². The number of benzene rings is 2. The number of halogens is 1. The van der Waals surface area contributed by atoms with Gasteiger partial charge >= 0.3 is 0 Å². The van der Waals surface area contributed by atoms with Gasteiger partial charge in [-0.2, -0.15) is 0 Å². The number of rotatable bonds is 3. The lowest BCUT2D eigenvalue weighted by atomic mass is 9.93. The van der Waals surface area contributed by atoms with E-state index in [1.165, 1.54) is 24.3 Å². The van der Waals surface area contributed by atoms with Crippen molar-refractivity contribution < 1.29 is 23.5 Å². The third kappa shape index (κ3) is 4.01. The molecule has 2 N–H and O–H groups in total. The van der Waals surface area contributed by atoms with Gasteiger partial charge in [-0.1, -0.05) is 6.07 Å². The minimum atomic E-state index is -0.372. The van der Waals surface area contributed by atoms with Crippen molar-refractivity contribution in [1.29, 1.82) is 0 Å². The molecule has 32 heavy (non-hydrogen) atoms. The molecule has 0 spiro atoms. The molecule has 0 saturated carbocycles. The number of carbonyl (C=O) groups is 2. The SMILES string of the molecule is O=C(c1ccc(F)cc1)N1CCN(C(=O)C2CNNC2c2ccc3c(c2)OCCO3)CC1. The van der Waals surface area contributed by atoms with E-state index in [0.717, 1.165) is 11.3 Å². The molecule has 2 saturated heterocycles. The molecule has 0 bridgehead atoms. The van der Waals surface area contributed by atoms with Crippen molar-refractivity contribution in [2.24, 2.45) is 5.92 Å². The highest BCUT2D eigenvalue weighted by Crippen LogP contribution is 2.35. The van der Waals surface area contributed by atoms with Crippen LogP contribution in [0.5, 0.6) is 11.5 Å². The maximum Gasteiger partial charge on any atom is 0.253 e. The van der Waals surface area contributed by atoms with Gasteiger partial charge in [0.15, 0.2) is 11.5 Å². The first-order chi connectivity index (χ1) is 15.6. The molecule has 3 aliphatic rings. The average molecular weight is 440 g/mol. The second-order valence-corrected chi connectivity index (χ2v) is 8.14. The molecule has 0 radical (unpaired) electrons. The normalized spacial score (nSPS) is 22.7. The molecule has 2 unspecified atom stereocenters. The van der Waals surface area contributed by atoms with E-state index >= 15 is 0 Å². The van der Waals surface area contributed by atoms with E-state index < -0.39 is 0 Å². The smallest absolute Gasteiger partial charge is 0.253 e. The lowest BCUT2D eigenvalue weighted by Crippen LogP contribution is -2.52. The van der Waals surface area contributed by atoms with Crippen LogP contribution in [0.4, 0.5) is 4.39 Å². The fourth-order valence-electron chi connectivity index (χ4n) is 4.44. The Bertz CT molecular complexity index is 1010. The van der Waals surface area contributed by atoms with Crippen molar-refractivity contribution >= 4 is 11.8 Å². The van der Waals surface area contributed by atoms with E-state index in [-0.39, 0.29) is 29.6 Å². The van der Waals surface area contributed by atoms with Crippen LogP contribution < -0.4 is 20.3 Å². The van der Waals surface area contributed by atoms with Crippen LogP contribution in [0.15, 0.2) is 42.5 Å². The molecule has 2 atom stereocenters. The number of hydrogen-bond acceptors (Lipinski definition) is 6. The van der Waals surface area contributed by atoms with Gasteiger partial charge in [0.25, 0.3) is 5.91 Å². The first-order valence-electron chi connectivity index (χ1n) is 10.8. The van der Waals surface area contributed by atoms with Crippen molar-refractivity contribution in [3.05, 3.63) is 59.4 Å². The summed E-state index contributed by atoms with van der Waals surface area (Å²) in [6.07, 6.45) is 0. The predicted molar refractivity (Wildman–Crippen MR) is 114 cm³/mol. The summed E-state index contributed by atoms with van der Waals surface area (Å²) >= 11 is 0. The van der Waals surface area contributed by atoms with Crippen LogP contribution in [0.3, 0.4) is 0 Å². The Hall–Kier alpha value is -3.17. The van der Waals surface area contributed by atoms with Gasteiger partial charge in [-0.15, -0.1) is 0 Å². The zero-order valence-corrected chi connectivity index (χ0v) is 17.6. The Kier molecular flexibility index (Phi) is 5.67. The van der Waals surface area contributed by atoms with E-state index in [1.807, 2.05) is 23.1 Å². The van der Waals surface area contributed by atoms with Crippen molar-refractivity contribution in [1.82, 2.24) is 20.7 Å². The van der Waals surface area contributed by atoms with Gasteiger partial charge in [-0.05, 0) is 42.0 Å². The lowest BCUT2D eigenvalue weighted by molar-refractivity contribution is -0.137. The van der Waals surface area contributed by atoms with Crippen LogP contribution in [-0.4, -0.2) is 67.6 Å². The van der Waals surface area contributed by atoms with Crippen molar-refractivity contribution in [3.8, 4) is 11.5 Å². The van der Waals surface area contributed by atoms with Gasteiger partial charge in [0.05, 0.1) is 12.0 Å². The molecule has 168 valence electrons. The summed E-state index contributed by atoms with van der Waals surface area (Å²) in [6.45, 7) is 3.40. The number of ether oxygens (including phenoxy) is 2. The number of carbonyl (C=O) groups excluding carboxylic acids is 2. The van der Waals surface area contributed by atoms with Crippen LogP contribution in [0.1, 0.15) is 22.0 Å². The maximum absolute atomic E-state index is 13.3. The van der Waals surface area contributed by atoms with Gasteiger partial charge in [0.1, 0.15) is 19.0 Å². The molecule has 2 amide bonds.